The van der Waals surface area contributed by atoms with Crippen molar-refractivity contribution in [3.63, 3.8) is 0 Å². The topological polar surface area (TPSA) is 60.2 Å². The average molecular weight is 271 g/mol. The van der Waals surface area contributed by atoms with E-state index in [0.717, 1.165) is 12.8 Å². The van der Waals surface area contributed by atoms with E-state index >= 15 is 0 Å². The van der Waals surface area contributed by atoms with Crippen LogP contribution in [0.25, 0.3) is 0 Å². The smallest absolute Gasteiger partial charge is 0.294 e. The molecule has 4 nitrogen and oxygen atoms in total. The zero-order valence-corrected chi connectivity index (χ0v) is 11.1. The van der Waals surface area contributed by atoms with Gasteiger partial charge in [-0.25, -0.2) is 0 Å². The van der Waals surface area contributed by atoms with Gasteiger partial charge in [0.1, 0.15) is 4.21 Å². The van der Waals surface area contributed by atoms with Crippen LogP contribution in [-0.2, 0) is 0 Å². The van der Waals surface area contributed by atoms with E-state index in [1.807, 2.05) is 0 Å². The molecule has 1 aliphatic carbocycles. The zero-order valence-electron chi connectivity index (χ0n) is 9.47. The van der Waals surface area contributed by atoms with Gasteiger partial charge in [0.15, 0.2) is 5.78 Å². The van der Waals surface area contributed by atoms with Gasteiger partial charge in [-0.15, -0.1) is 23.1 Å². The number of carbonyl (C=O) groups is 1. The lowest BCUT2D eigenvalue weighted by Gasteiger charge is -2.05. The third-order valence-corrected chi connectivity index (χ3v) is 5.59. The van der Waals surface area contributed by atoms with E-state index in [1.54, 1.807) is 11.8 Å². The Bertz CT molecular complexity index is 450. The summed E-state index contributed by atoms with van der Waals surface area (Å²) in [4.78, 5) is 22.3. The minimum absolute atomic E-state index is 0.0945. The van der Waals surface area contributed by atoms with Crippen molar-refractivity contribution in [2.24, 2.45) is 0 Å². The van der Waals surface area contributed by atoms with Crippen LogP contribution in [0.2, 0.25) is 0 Å². The maximum absolute atomic E-state index is 11.2. The molecule has 0 amide bonds. The van der Waals surface area contributed by atoms with Crippen LogP contribution in [0.15, 0.2) is 10.3 Å². The van der Waals surface area contributed by atoms with E-state index in [9.17, 15) is 14.9 Å². The van der Waals surface area contributed by atoms with E-state index in [0.29, 0.717) is 14.3 Å². The van der Waals surface area contributed by atoms with Gasteiger partial charge in [-0.1, -0.05) is 12.8 Å². The minimum Gasteiger partial charge on any atom is -0.294 e. The molecule has 0 spiro atoms. The van der Waals surface area contributed by atoms with Crippen molar-refractivity contribution in [1.29, 1.82) is 0 Å². The number of thiophene rings is 1. The molecule has 0 N–H and O–H groups in total. The normalized spacial score (nSPS) is 16.3. The molecule has 17 heavy (non-hydrogen) atoms. The third-order valence-electron chi connectivity index (χ3n) is 2.80. The fraction of sp³-hybridized carbons (Fsp3) is 0.545. The molecular weight excluding hydrogens is 258 g/mol. The van der Waals surface area contributed by atoms with Gasteiger partial charge in [0.2, 0.25) is 0 Å². The van der Waals surface area contributed by atoms with Crippen LogP contribution in [0.3, 0.4) is 0 Å². The summed E-state index contributed by atoms with van der Waals surface area (Å²) in [5, 5.41) is 11.4. The molecule has 6 heteroatoms. The van der Waals surface area contributed by atoms with Gasteiger partial charge in [-0.2, -0.15) is 0 Å². The Morgan fingerprint density at radius 1 is 1.53 bits per heavy atom. The van der Waals surface area contributed by atoms with Gasteiger partial charge in [0.05, 0.1) is 9.80 Å². The molecule has 1 heterocycles. The Hall–Kier alpha value is -0.880. The first-order valence-corrected chi connectivity index (χ1v) is 7.23. The Balaban J connectivity index is 2.23. The Labute approximate surface area is 108 Å². The second-order valence-electron chi connectivity index (χ2n) is 4.12. The number of Topliss-reactive ketones (excluding diaryl/α,β-unsaturated/α-hetero) is 1. The third kappa shape index (κ3) is 2.87. The van der Waals surface area contributed by atoms with Crippen LogP contribution in [0.5, 0.6) is 0 Å². The summed E-state index contributed by atoms with van der Waals surface area (Å²) in [6.45, 7) is 1.44. The highest BCUT2D eigenvalue weighted by molar-refractivity contribution is 8.01. The maximum atomic E-state index is 11.2. The van der Waals surface area contributed by atoms with Crippen molar-refractivity contribution in [2.45, 2.75) is 42.1 Å². The molecule has 1 fully saturated rings. The minimum atomic E-state index is -0.389. The second-order valence-corrected chi connectivity index (χ2v) is 6.74. The molecule has 0 aliphatic heterocycles. The van der Waals surface area contributed by atoms with Gasteiger partial charge < -0.3 is 0 Å². The Morgan fingerprint density at radius 2 is 2.18 bits per heavy atom. The lowest BCUT2D eigenvalue weighted by molar-refractivity contribution is -0.387. The fourth-order valence-corrected chi connectivity index (χ4v) is 4.66. The first kappa shape index (κ1) is 12.6. The van der Waals surface area contributed by atoms with Crippen molar-refractivity contribution in [2.75, 3.05) is 0 Å². The molecule has 2 rings (SSSR count). The maximum Gasteiger partial charge on any atom is 0.294 e. The summed E-state index contributed by atoms with van der Waals surface area (Å²) >= 11 is 2.82. The van der Waals surface area contributed by atoms with Gasteiger partial charge in [0, 0.05) is 11.3 Å². The SMILES string of the molecule is CC(=O)c1cc([N+](=O)[O-])c(SC2CCCC2)s1. The number of nitrogens with zero attached hydrogens (tertiary/aromatic N) is 1. The van der Waals surface area contributed by atoms with Crippen molar-refractivity contribution in [3.8, 4) is 0 Å². The van der Waals surface area contributed by atoms with Crippen molar-refractivity contribution in [3.05, 3.63) is 21.1 Å². The van der Waals surface area contributed by atoms with Crippen molar-refractivity contribution in [1.82, 2.24) is 0 Å². The average Bonchev–Trinajstić information content (AvgIpc) is 2.87. The zero-order chi connectivity index (χ0) is 12.4. The lowest BCUT2D eigenvalue weighted by atomic mass is 10.3. The van der Waals surface area contributed by atoms with Gasteiger partial charge in [-0.05, 0) is 19.8 Å². The molecule has 0 saturated heterocycles. The van der Waals surface area contributed by atoms with E-state index in [-0.39, 0.29) is 16.4 Å². The summed E-state index contributed by atoms with van der Waals surface area (Å²) < 4.78 is 0.687. The quantitative estimate of drug-likeness (QED) is 0.473. The monoisotopic (exact) mass is 271 g/mol. The lowest BCUT2D eigenvalue weighted by Crippen LogP contribution is -1.94. The molecule has 1 saturated carbocycles. The summed E-state index contributed by atoms with van der Waals surface area (Å²) in [5.41, 5.74) is 0.0945. The van der Waals surface area contributed by atoms with Crippen LogP contribution < -0.4 is 0 Å². The van der Waals surface area contributed by atoms with E-state index in [4.69, 9.17) is 0 Å². The molecule has 0 unspecified atom stereocenters. The number of hydrogen-bond acceptors (Lipinski definition) is 5. The number of hydrogen-bond donors (Lipinski definition) is 0. The van der Waals surface area contributed by atoms with Gasteiger partial charge in [0.25, 0.3) is 5.69 Å². The molecule has 0 aromatic carbocycles. The van der Waals surface area contributed by atoms with Crippen LogP contribution in [0.4, 0.5) is 5.69 Å². The molecule has 1 aromatic heterocycles. The Morgan fingerprint density at radius 3 is 2.71 bits per heavy atom. The number of rotatable bonds is 4. The fourth-order valence-electron chi connectivity index (χ4n) is 1.91. The summed E-state index contributed by atoms with van der Waals surface area (Å²) in [6.07, 6.45) is 4.65. The Kier molecular flexibility index (Phi) is 3.83. The number of carbonyl (C=O) groups excluding carboxylic acids is 1. The number of nitro groups is 1. The summed E-state index contributed by atoms with van der Waals surface area (Å²) in [7, 11) is 0. The van der Waals surface area contributed by atoms with Crippen LogP contribution in [0.1, 0.15) is 42.3 Å². The predicted molar refractivity (Wildman–Crippen MR) is 69.1 cm³/mol. The first-order valence-electron chi connectivity index (χ1n) is 5.53. The molecule has 0 bridgehead atoms. The van der Waals surface area contributed by atoms with Crippen molar-refractivity contribution < 1.29 is 9.72 Å². The predicted octanol–water partition coefficient (Wildman–Crippen LogP) is 3.89. The van der Waals surface area contributed by atoms with Crippen LogP contribution in [0, 0.1) is 10.1 Å². The van der Waals surface area contributed by atoms with E-state index in [1.165, 1.54) is 37.2 Å². The number of thioether (sulfide) groups is 1. The molecule has 0 atom stereocenters. The standard InChI is InChI=1S/C11H13NO3S2/c1-7(13)10-6-9(12(14)15)11(17-10)16-8-4-2-3-5-8/h6,8H,2-5H2,1H3. The summed E-state index contributed by atoms with van der Waals surface area (Å²) in [6, 6.07) is 1.41. The molecule has 92 valence electrons. The number of ketones is 1. The first-order chi connectivity index (χ1) is 8.08. The highest BCUT2D eigenvalue weighted by atomic mass is 32.2. The van der Waals surface area contributed by atoms with Crippen molar-refractivity contribution >= 4 is 34.6 Å². The molecule has 1 aliphatic rings. The van der Waals surface area contributed by atoms with Crippen LogP contribution >= 0.6 is 23.1 Å². The highest BCUT2D eigenvalue weighted by Gasteiger charge is 2.25. The molecule has 0 radical (unpaired) electrons. The molecule has 1 aromatic rings. The summed E-state index contributed by atoms with van der Waals surface area (Å²) in [5.74, 6) is -0.101. The van der Waals surface area contributed by atoms with E-state index in [2.05, 4.69) is 0 Å². The van der Waals surface area contributed by atoms with E-state index < -0.39 is 0 Å². The largest absolute Gasteiger partial charge is 0.294 e. The van der Waals surface area contributed by atoms with Gasteiger partial charge in [-0.3, -0.25) is 14.9 Å². The second kappa shape index (κ2) is 5.18. The van der Waals surface area contributed by atoms with Crippen LogP contribution in [-0.4, -0.2) is 16.0 Å². The highest BCUT2D eigenvalue weighted by Crippen LogP contribution is 2.43. The van der Waals surface area contributed by atoms with Gasteiger partial charge >= 0.3 is 0 Å². The molecular formula is C11H13NO3S2.